The summed E-state index contributed by atoms with van der Waals surface area (Å²) in [6.45, 7) is 5.39. The minimum Gasteiger partial charge on any atom is -0.349 e. The summed E-state index contributed by atoms with van der Waals surface area (Å²) in [5.41, 5.74) is 2.39. The number of amides is 1. The molecule has 0 spiro atoms. The van der Waals surface area contributed by atoms with Gasteiger partial charge in [-0.25, -0.2) is 10.8 Å². The second-order valence-corrected chi connectivity index (χ2v) is 5.01. The summed E-state index contributed by atoms with van der Waals surface area (Å²) in [6.07, 6.45) is 0. The third kappa shape index (κ3) is 3.88. The van der Waals surface area contributed by atoms with Gasteiger partial charge in [0.05, 0.1) is 16.6 Å². The number of hydrazine groups is 1. The van der Waals surface area contributed by atoms with Gasteiger partial charge in [-0.3, -0.25) is 4.79 Å². The van der Waals surface area contributed by atoms with Gasteiger partial charge >= 0.3 is 0 Å². The molecule has 3 N–H and O–H groups in total. The summed E-state index contributed by atoms with van der Waals surface area (Å²) in [4.78, 5) is 19.7. The number of anilines is 2. The lowest BCUT2D eigenvalue weighted by molar-refractivity contribution is -0.129. The fourth-order valence-electron chi connectivity index (χ4n) is 1.78. The third-order valence-electron chi connectivity index (χ3n) is 2.90. The van der Waals surface area contributed by atoms with E-state index in [1.54, 1.807) is 22.9 Å². The molecule has 1 heterocycles. The van der Waals surface area contributed by atoms with Crippen molar-refractivity contribution < 1.29 is 4.79 Å². The summed E-state index contributed by atoms with van der Waals surface area (Å²) >= 11 is 12.0. The Morgan fingerprint density at radius 1 is 1.35 bits per heavy atom. The molecule has 0 aliphatic heterocycles. The second kappa shape index (κ2) is 7.52. The summed E-state index contributed by atoms with van der Waals surface area (Å²) in [6, 6.07) is 1.54. The molecule has 1 aromatic rings. The number of likely N-dealkylation sites (N-methyl/N-ethyl adjacent to an activating group) is 2. The lowest BCUT2D eigenvalue weighted by Gasteiger charge is -2.24. The number of nitrogens with zero attached hydrogens (tertiary/aromatic N) is 3. The van der Waals surface area contributed by atoms with E-state index in [0.29, 0.717) is 34.8 Å². The van der Waals surface area contributed by atoms with E-state index < -0.39 is 0 Å². The normalized spacial score (nSPS) is 10.3. The predicted molar refractivity (Wildman–Crippen MR) is 83.3 cm³/mol. The maximum absolute atomic E-state index is 12.1. The number of carbonyl (C=O) groups is 1. The number of hydrogen-bond donors (Lipinski definition) is 2. The molecular formula is C12H19Cl2N5O. The first-order valence-electron chi connectivity index (χ1n) is 6.26. The molecule has 8 heteroatoms. The molecule has 0 unspecified atom stereocenters. The number of carbonyl (C=O) groups excluding carboxylic acids is 1. The van der Waals surface area contributed by atoms with E-state index in [1.165, 1.54) is 0 Å². The van der Waals surface area contributed by atoms with Crippen molar-refractivity contribution in [2.75, 3.05) is 37.0 Å². The van der Waals surface area contributed by atoms with Gasteiger partial charge in [-0.2, -0.15) is 0 Å². The van der Waals surface area contributed by atoms with Crippen molar-refractivity contribution in [3.63, 3.8) is 0 Å². The molecule has 0 saturated heterocycles. The Hall–Kier alpha value is -1.24. The zero-order valence-corrected chi connectivity index (χ0v) is 13.3. The first-order chi connectivity index (χ1) is 9.44. The third-order valence-corrected chi connectivity index (χ3v) is 3.46. The van der Waals surface area contributed by atoms with Gasteiger partial charge in [0.15, 0.2) is 5.82 Å². The van der Waals surface area contributed by atoms with Crippen molar-refractivity contribution in [1.29, 1.82) is 0 Å². The van der Waals surface area contributed by atoms with E-state index in [0.717, 1.165) is 0 Å². The van der Waals surface area contributed by atoms with E-state index in [2.05, 4.69) is 10.4 Å². The van der Waals surface area contributed by atoms with Crippen LogP contribution in [0.1, 0.15) is 13.8 Å². The van der Waals surface area contributed by atoms with Crippen LogP contribution in [-0.2, 0) is 4.79 Å². The molecule has 20 heavy (non-hydrogen) atoms. The summed E-state index contributed by atoms with van der Waals surface area (Å²) in [5.74, 6) is 6.10. The fourth-order valence-corrected chi connectivity index (χ4v) is 2.34. The molecule has 0 aromatic carbocycles. The van der Waals surface area contributed by atoms with Gasteiger partial charge < -0.3 is 15.2 Å². The number of nitrogen functional groups attached to an aromatic ring is 1. The van der Waals surface area contributed by atoms with E-state index >= 15 is 0 Å². The largest absolute Gasteiger partial charge is 0.349 e. The van der Waals surface area contributed by atoms with Gasteiger partial charge in [0.2, 0.25) is 5.91 Å². The van der Waals surface area contributed by atoms with Crippen molar-refractivity contribution in [3.8, 4) is 0 Å². The molecular weight excluding hydrogens is 301 g/mol. The number of pyridine rings is 1. The topological polar surface area (TPSA) is 74.5 Å². The number of halogens is 2. The van der Waals surface area contributed by atoms with E-state index in [4.69, 9.17) is 29.0 Å². The van der Waals surface area contributed by atoms with E-state index in [-0.39, 0.29) is 12.5 Å². The monoisotopic (exact) mass is 319 g/mol. The van der Waals surface area contributed by atoms with Crippen LogP contribution in [0, 0.1) is 0 Å². The molecule has 1 aromatic heterocycles. The number of nitrogens with two attached hydrogens (primary N) is 1. The molecule has 0 radical (unpaired) electrons. The average molecular weight is 320 g/mol. The van der Waals surface area contributed by atoms with Gasteiger partial charge in [-0.1, -0.05) is 23.2 Å². The first-order valence-corrected chi connectivity index (χ1v) is 7.01. The molecule has 0 fully saturated rings. The van der Waals surface area contributed by atoms with Gasteiger partial charge in [0, 0.05) is 20.1 Å². The maximum Gasteiger partial charge on any atom is 0.242 e. The highest BCUT2D eigenvalue weighted by molar-refractivity contribution is 6.37. The second-order valence-electron chi connectivity index (χ2n) is 4.19. The predicted octanol–water partition coefficient (Wildman–Crippen LogP) is 1.98. The van der Waals surface area contributed by atoms with E-state index in [9.17, 15) is 4.79 Å². The molecule has 112 valence electrons. The number of aromatic nitrogens is 1. The summed E-state index contributed by atoms with van der Waals surface area (Å²) in [5, 5.41) is 0.688. The van der Waals surface area contributed by atoms with Crippen LogP contribution >= 0.6 is 23.2 Å². The van der Waals surface area contributed by atoms with Crippen LogP contribution in [0.15, 0.2) is 6.07 Å². The molecule has 0 aliphatic carbocycles. The number of rotatable bonds is 6. The van der Waals surface area contributed by atoms with Crippen molar-refractivity contribution >= 4 is 40.7 Å². The Balaban J connectivity index is 2.92. The molecule has 6 nitrogen and oxygen atoms in total. The number of hydrogen-bond acceptors (Lipinski definition) is 5. The van der Waals surface area contributed by atoms with E-state index in [1.807, 2.05) is 13.8 Å². The highest BCUT2D eigenvalue weighted by atomic mass is 35.5. The lowest BCUT2D eigenvalue weighted by atomic mass is 10.3. The maximum atomic E-state index is 12.1. The number of nitrogens with one attached hydrogen (secondary N) is 1. The Kier molecular flexibility index (Phi) is 6.32. The minimum atomic E-state index is 0.00701. The fraction of sp³-hybridized carbons (Fsp3) is 0.500. The molecule has 0 saturated carbocycles. The summed E-state index contributed by atoms with van der Waals surface area (Å²) in [7, 11) is 1.74. The van der Waals surface area contributed by atoms with Crippen molar-refractivity contribution in [1.82, 2.24) is 9.88 Å². The van der Waals surface area contributed by atoms with Gasteiger partial charge in [-0.15, -0.1) is 0 Å². The Bertz CT molecular complexity index is 479. The molecule has 1 amide bonds. The average Bonchev–Trinajstić information content (AvgIpc) is 2.40. The van der Waals surface area contributed by atoms with Crippen LogP contribution in [0.2, 0.25) is 10.0 Å². The summed E-state index contributed by atoms with van der Waals surface area (Å²) < 4.78 is 0. The molecule has 0 aliphatic rings. The SMILES string of the molecule is CCN(CC)C(=O)CN(C)c1nc(NN)c(Cl)cc1Cl. The van der Waals surface area contributed by atoms with Crippen molar-refractivity contribution in [2.24, 2.45) is 5.84 Å². The quantitative estimate of drug-likeness (QED) is 0.619. The van der Waals surface area contributed by atoms with Crippen molar-refractivity contribution in [2.45, 2.75) is 13.8 Å². The van der Waals surface area contributed by atoms with Crippen LogP contribution in [0.3, 0.4) is 0 Å². The Morgan fingerprint density at radius 3 is 2.45 bits per heavy atom. The zero-order chi connectivity index (χ0) is 15.3. The van der Waals surface area contributed by atoms with Crippen LogP contribution in [0.5, 0.6) is 0 Å². The highest BCUT2D eigenvalue weighted by Gasteiger charge is 2.17. The van der Waals surface area contributed by atoms with Crippen LogP contribution in [0.25, 0.3) is 0 Å². The molecule has 1 rings (SSSR count). The highest BCUT2D eigenvalue weighted by Crippen LogP contribution is 2.30. The van der Waals surface area contributed by atoms with Crippen LogP contribution in [-0.4, -0.2) is 42.5 Å². The van der Waals surface area contributed by atoms with Gasteiger partial charge in [0.25, 0.3) is 0 Å². The van der Waals surface area contributed by atoms with Crippen molar-refractivity contribution in [3.05, 3.63) is 16.1 Å². The molecule has 0 atom stereocenters. The van der Waals surface area contributed by atoms with Crippen LogP contribution in [0.4, 0.5) is 11.6 Å². The molecule has 0 bridgehead atoms. The van der Waals surface area contributed by atoms with Crippen LogP contribution < -0.4 is 16.2 Å². The Labute approximate surface area is 128 Å². The standard InChI is InChI=1S/C12H19Cl2N5O/c1-4-19(5-2)10(20)7-18(3)12-9(14)6-8(13)11(16-12)17-15/h6H,4-5,7,15H2,1-3H3,(H,16,17). The lowest BCUT2D eigenvalue weighted by Crippen LogP contribution is -2.39. The minimum absolute atomic E-state index is 0.00701. The van der Waals surface area contributed by atoms with Gasteiger partial charge in [0.1, 0.15) is 5.82 Å². The Morgan fingerprint density at radius 2 is 1.95 bits per heavy atom. The zero-order valence-electron chi connectivity index (χ0n) is 11.8. The first kappa shape index (κ1) is 16.8. The van der Waals surface area contributed by atoms with Gasteiger partial charge in [-0.05, 0) is 19.9 Å². The smallest absolute Gasteiger partial charge is 0.242 e.